The molecule has 0 radical (unpaired) electrons. The summed E-state index contributed by atoms with van der Waals surface area (Å²) in [5.74, 6) is -0.337. The number of likely N-dealkylation sites (N-methyl/N-ethyl adjacent to an activating group) is 1. The molecule has 0 aliphatic carbocycles. The highest BCUT2D eigenvalue weighted by Gasteiger charge is 2.38. The first-order chi connectivity index (χ1) is 9.96. The molecule has 0 spiro atoms. The van der Waals surface area contributed by atoms with Crippen molar-refractivity contribution in [2.45, 2.75) is 17.9 Å². The molecule has 1 amide bonds. The number of amides is 1. The van der Waals surface area contributed by atoms with Crippen LogP contribution in [0.25, 0.3) is 0 Å². The van der Waals surface area contributed by atoms with Gasteiger partial charge in [-0.05, 0) is 25.1 Å². The molecule has 8 heteroatoms. The van der Waals surface area contributed by atoms with Gasteiger partial charge in [0.05, 0.1) is 18.1 Å². The van der Waals surface area contributed by atoms with E-state index in [1.165, 1.54) is 16.4 Å². The summed E-state index contributed by atoms with van der Waals surface area (Å²) in [5, 5.41) is 2.65. The zero-order valence-corrected chi connectivity index (χ0v) is 14.0. The Balaban J connectivity index is 2.34. The van der Waals surface area contributed by atoms with Gasteiger partial charge in [-0.2, -0.15) is 4.31 Å². The molecule has 1 aliphatic heterocycles. The van der Waals surface area contributed by atoms with E-state index in [0.717, 1.165) is 0 Å². The minimum Gasteiger partial charge on any atom is -0.378 e. The van der Waals surface area contributed by atoms with Crippen LogP contribution in [0, 0.1) is 0 Å². The van der Waals surface area contributed by atoms with Crippen LogP contribution in [-0.4, -0.2) is 51.0 Å². The van der Waals surface area contributed by atoms with Gasteiger partial charge in [-0.3, -0.25) is 4.79 Å². The zero-order chi connectivity index (χ0) is 15.5. The Bertz CT molecular complexity index is 620. The van der Waals surface area contributed by atoms with Gasteiger partial charge in [0, 0.05) is 17.6 Å². The van der Waals surface area contributed by atoms with E-state index in [1.54, 1.807) is 19.1 Å². The van der Waals surface area contributed by atoms with Crippen molar-refractivity contribution in [3.63, 3.8) is 0 Å². The van der Waals surface area contributed by atoms with Crippen molar-refractivity contribution in [1.29, 1.82) is 0 Å². The van der Waals surface area contributed by atoms with Crippen LogP contribution >= 0.6 is 15.9 Å². The number of morpholine rings is 1. The van der Waals surface area contributed by atoms with Gasteiger partial charge < -0.3 is 10.1 Å². The lowest BCUT2D eigenvalue weighted by Gasteiger charge is -2.33. The maximum absolute atomic E-state index is 12.7. The fraction of sp³-hybridized carbons (Fsp3) is 0.462. The molecule has 0 saturated carbocycles. The average molecular weight is 377 g/mol. The third kappa shape index (κ3) is 3.63. The second-order valence-electron chi connectivity index (χ2n) is 4.56. The summed E-state index contributed by atoms with van der Waals surface area (Å²) in [6.07, 6.45) is 0. The highest BCUT2D eigenvalue weighted by Crippen LogP contribution is 2.23. The molecule has 0 aromatic heterocycles. The Morgan fingerprint density at radius 1 is 1.52 bits per heavy atom. The lowest BCUT2D eigenvalue weighted by Crippen LogP contribution is -2.55. The van der Waals surface area contributed by atoms with Crippen molar-refractivity contribution in [3.05, 3.63) is 28.7 Å². The SMILES string of the molecule is CCNC(=O)C1COCCN1S(=O)(=O)c1cccc(Br)c1. The molecule has 116 valence electrons. The number of nitrogens with one attached hydrogen (secondary N) is 1. The monoisotopic (exact) mass is 376 g/mol. The smallest absolute Gasteiger partial charge is 0.244 e. The molecule has 0 bridgehead atoms. The average Bonchev–Trinajstić information content (AvgIpc) is 2.47. The van der Waals surface area contributed by atoms with Crippen LogP contribution in [0.2, 0.25) is 0 Å². The second-order valence-corrected chi connectivity index (χ2v) is 7.36. The quantitative estimate of drug-likeness (QED) is 0.849. The maximum Gasteiger partial charge on any atom is 0.244 e. The number of rotatable bonds is 4. The van der Waals surface area contributed by atoms with Gasteiger partial charge >= 0.3 is 0 Å². The van der Waals surface area contributed by atoms with Gasteiger partial charge in [0.25, 0.3) is 0 Å². The standard InChI is InChI=1S/C13H17BrN2O4S/c1-2-15-13(17)12-9-20-7-6-16(12)21(18,19)11-5-3-4-10(14)8-11/h3-5,8,12H,2,6-7,9H2,1H3,(H,15,17). The van der Waals surface area contributed by atoms with E-state index < -0.39 is 16.1 Å². The van der Waals surface area contributed by atoms with E-state index in [1.807, 2.05) is 0 Å². The van der Waals surface area contributed by atoms with Crippen LogP contribution in [0.1, 0.15) is 6.92 Å². The Kier molecular flexibility index (Phi) is 5.37. The van der Waals surface area contributed by atoms with Crippen molar-refractivity contribution in [1.82, 2.24) is 9.62 Å². The minimum atomic E-state index is -3.73. The van der Waals surface area contributed by atoms with Gasteiger partial charge in [0.15, 0.2) is 0 Å². The number of sulfonamides is 1. The topological polar surface area (TPSA) is 75.7 Å². The maximum atomic E-state index is 12.7. The first kappa shape index (κ1) is 16.4. The van der Waals surface area contributed by atoms with E-state index in [4.69, 9.17) is 4.74 Å². The highest BCUT2D eigenvalue weighted by atomic mass is 79.9. The van der Waals surface area contributed by atoms with E-state index in [-0.39, 0.29) is 30.6 Å². The van der Waals surface area contributed by atoms with E-state index >= 15 is 0 Å². The summed E-state index contributed by atoms with van der Waals surface area (Å²) < 4.78 is 32.6. The molecule has 1 aliphatic rings. The van der Waals surface area contributed by atoms with Gasteiger partial charge in [-0.25, -0.2) is 8.42 Å². The van der Waals surface area contributed by atoms with Crippen molar-refractivity contribution < 1.29 is 17.9 Å². The summed E-state index contributed by atoms with van der Waals surface area (Å²) in [6, 6.07) is 5.62. The number of hydrogen-bond donors (Lipinski definition) is 1. The van der Waals surface area contributed by atoms with Crippen LogP contribution in [0.3, 0.4) is 0 Å². The summed E-state index contributed by atoms with van der Waals surface area (Å²) in [4.78, 5) is 12.2. The molecular weight excluding hydrogens is 360 g/mol. The molecule has 1 N–H and O–H groups in total. The predicted molar refractivity (Wildman–Crippen MR) is 81.3 cm³/mol. The van der Waals surface area contributed by atoms with Crippen molar-refractivity contribution in [2.75, 3.05) is 26.3 Å². The number of halogens is 1. The molecule has 21 heavy (non-hydrogen) atoms. The number of carbonyl (C=O) groups is 1. The Morgan fingerprint density at radius 2 is 2.29 bits per heavy atom. The Labute approximate surface area is 132 Å². The summed E-state index contributed by atoms with van der Waals surface area (Å²) in [5.41, 5.74) is 0. The molecule has 1 aromatic rings. The third-order valence-corrected chi connectivity index (χ3v) is 5.53. The number of benzene rings is 1. The van der Waals surface area contributed by atoms with Gasteiger partial charge in [-0.1, -0.05) is 22.0 Å². The third-order valence-electron chi connectivity index (χ3n) is 3.14. The van der Waals surface area contributed by atoms with Crippen LogP contribution in [-0.2, 0) is 19.6 Å². The number of hydrogen-bond acceptors (Lipinski definition) is 4. The molecular formula is C13H17BrN2O4S. The molecule has 6 nitrogen and oxygen atoms in total. The number of nitrogens with zero attached hydrogens (tertiary/aromatic N) is 1. The van der Waals surface area contributed by atoms with Crippen LogP contribution < -0.4 is 5.32 Å². The molecule has 1 heterocycles. The van der Waals surface area contributed by atoms with Crippen LogP contribution in [0.5, 0.6) is 0 Å². The second kappa shape index (κ2) is 6.87. The van der Waals surface area contributed by atoms with Crippen LogP contribution in [0.15, 0.2) is 33.6 Å². The minimum absolute atomic E-state index is 0.0685. The fourth-order valence-corrected chi connectivity index (χ4v) is 4.29. The van der Waals surface area contributed by atoms with Gasteiger partial charge in [-0.15, -0.1) is 0 Å². The molecule has 1 unspecified atom stereocenters. The number of carbonyl (C=O) groups excluding carboxylic acids is 1. The molecule has 1 aromatic carbocycles. The number of ether oxygens (including phenoxy) is 1. The molecule has 1 saturated heterocycles. The van der Waals surface area contributed by atoms with Crippen molar-refractivity contribution >= 4 is 31.9 Å². The lowest BCUT2D eigenvalue weighted by atomic mass is 10.2. The zero-order valence-electron chi connectivity index (χ0n) is 11.6. The molecule has 2 rings (SSSR count). The molecule has 1 atom stereocenters. The molecule has 1 fully saturated rings. The summed E-state index contributed by atoms with van der Waals surface area (Å²) in [7, 11) is -3.73. The van der Waals surface area contributed by atoms with E-state index in [0.29, 0.717) is 11.0 Å². The first-order valence-corrected chi connectivity index (χ1v) is 8.83. The van der Waals surface area contributed by atoms with Gasteiger partial charge in [0.1, 0.15) is 6.04 Å². The fourth-order valence-electron chi connectivity index (χ4n) is 2.14. The Morgan fingerprint density at radius 3 is 2.95 bits per heavy atom. The van der Waals surface area contributed by atoms with E-state index in [9.17, 15) is 13.2 Å². The van der Waals surface area contributed by atoms with Crippen molar-refractivity contribution in [2.24, 2.45) is 0 Å². The first-order valence-electron chi connectivity index (χ1n) is 6.59. The van der Waals surface area contributed by atoms with Crippen molar-refractivity contribution in [3.8, 4) is 0 Å². The predicted octanol–water partition coefficient (Wildman–Crippen LogP) is 0.975. The van der Waals surface area contributed by atoms with E-state index in [2.05, 4.69) is 21.2 Å². The summed E-state index contributed by atoms with van der Waals surface area (Å²) >= 11 is 3.26. The van der Waals surface area contributed by atoms with Crippen LogP contribution in [0.4, 0.5) is 0 Å². The summed E-state index contributed by atoms with van der Waals surface area (Å²) in [6.45, 7) is 2.74. The normalized spacial score (nSPS) is 20.2. The highest BCUT2D eigenvalue weighted by molar-refractivity contribution is 9.10. The van der Waals surface area contributed by atoms with Gasteiger partial charge in [0.2, 0.25) is 15.9 Å². The lowest BCUT2D eigenvalue weighted by molar-refractivity contribution is -0.129. The Hall–Kier alpha value is -0.960. The largest absolute Gasteiger partial charge is 0.378 e.